The molecule has 0 fully saturated rings. The van der Waals surface area contributed by atoms with E-state index in [0.29, 0.717) is 22.9 Å². The molecule has 0 atom stereocenters. The number of nitrogens with one attached hydrogen (secondary N) is 1. The summed E-state index contributed by atoms with van der Waals surface area (Å²) in [7, 11) is 1.55. The van der Waals surface area contributed by atoms with Gasteiger partial charge < -0.3 is 10.1 Å². The molecule has 16 heavy (non-hydrogen) atoms. The van der Waals surface area contributed by atoms with E-state index in [1.807, 2.05) is 13.8 Å². The van der Waals surface area contributed by atoms with Crippen LogP contribution in [0.3, 0.4) is 0 Å². The largest absolute Gasteiger partial charge is 0.496 e. The van der Waals surface area contributed by atoms with E-state index in [2.05, 4.69) is 5.32 Å². The predicted molar refractivity (Wildman–Crippen MR) is 65.4 cm³/mol. The topological polar surface area (TPSA) is 38.3 Å². The van der Waals surface area contributed by atoms with Gasteiger partial charge in [-0.3, -0.25) is 4.79 Å². The molecule has 1 aromatic rings. The second-order valence-corrected chi connectivity index (χ2v) is 4.00. The number of rotatable bonds is 4. The summed E-state index contributed by atoms with van der Waals surface area (Å²) < 4.78 is 5.21. The number of amides is 1. The van der Waals surface area contributed by atoms with Crippen molar-refractivity contribution in [2.45, 2.75) is 20.3 Å². The molecular formula is C12H16ClNO2. The Balaban J connectivity index is 3.05. The summed E-state index contributed by atoms with van der Waals surface area (Å²) in [4.78, 5) is 11.8. The monoisotopic (exact) mass is 241 g/mol. The van der Waals surface area contributed by atoms with Crippen LogP contribution in [0.2, 0.25) is 5.02 Å². The smallest absolute Gasteiger partial charge is 0.255 e. The number of hydrogen-bond acceptors (Lipinski definition) is 2. The lowest BCUT2D eigenvalue weighted by atomic mass is 10.1. The van der Waals surface area contributed by atoms with Crippen LogP contribution in [0.1, 0.15) is 29.3 Å². The molecule has 0 saturated carbocycles. The van der Waals surface area contributed by atoms with E-state index < -0.39 is 0 Å². The molecule has 1 amide bonds. The summed E-state index contributed by atoms with van der Waals surface area (Å²) in [5.41, 5.74) is 1.34. The number of carbonyl (C=O) groups excluding carboxylic acids is 1. The van der Waals surface area contributed by atoms with Gasteiger partial charge in [0, 0.05) is 11.6 Å². The summed E-state index contributed by atoms with van der Waals surface area (Å²) >= 11 is 5.92. The Morgan fingerprint density at radius 2 is 2.19 bits per heavy atom. The Bertz CT molecular complexity index is 391. The second kappa shape index (κ2) is 5.75. The van der Waals surface area contributed by atoms with Gasteiger partial charge in [-0.2, -0.15) is 0 Å². The normalized spacial score (nSPS) is 10.0. The third-order valence-electron chi connectivity index (χ3n) is 2.22. The van der Waals surface area contributed by atoms with Crippen molar-refractivity contribution in [1.29, 1.82) is 0 Å². The summed E-state index contributed by atoms with van der Waals surface area (Å²) in [6, 6.07) is 3.40. The molecule has 0 aromatic heterocycles. The van der Waals surface area contributed by atoms with Gasteiger partial charge in [-0.15, -0.1) is 0 Å². The fourth-order valence-corrected chi connectivity index (χ4v) is 1.78. The number of halogens is 1. The van der Waals surface area contributed by atoms with Gasteiger partial charge in [-0.25, -0.2) is 0 Å². The molecule has 0 aliphatic rings. The van der Waals surface area contributed by atoms with Crippen molar-refractivity contribution in [2.24, 2.45) is 0 Å². The third kappa shape index (κ3) is 2.89. The average Bonchev–Trinajstić information content (AvgIpc) is 2.24. The minimum Gasteiger partial charge on any atom is -0.496 e. The Kier molecular flexibility index (Phi) is 4.62. The van der Waals surface area contributed by atoms with Crippen molar-refractivity contribution in [3.63, 3.8) is 0 Å². The number of hydrogen-bond donors (Lipinski definition) is 1. The number of ether oxygens (including phenoxy) is 1. The number of benzene rings is 1. The molecule has 1 N–H and O–H groups in total. The van der Waals surface area contributed by atoms with E-state index in [1.54, 1.807) is 19.2 Å². The highest BCUT2D eigenvalue weighted by molar-refractivity contribution is 6.31. The minimum atomic E-state index is -0.149. The van der Waals surface area contributed by atoms with Crippen molar-refractivity contribution in [1.82, 2.24) is 5.32 Å². The zero-order chi connectivity index (χ0) is 12.1. The predicted octanol–water partition coefficient (Wildman–Crippen LogP) is 2.80. The van der Waals surface area contributed by atoms with Crippen molar-refractivity contribution in [3.8, 4) is 5.75 Å². The second-order valence-electron chi connectivity index (χ2n) is 3.56. The molecule has 1 aromatic carbocycles. The molecule has 0 saturated heterocycles. The van der Waals surface area contributed by atoms with Gasteiger partial charge in [0.1, 0.15) is 5.75 Å². The van der Waals surface area contributed by atoms with Crippen molar-refractivity contribution in [2.75, 3.05) is 13.7 Å². The minimum absolute atomic E-state index is 0.149. The molecule has 88 valence electrons. The number of methoxy groups -OCH3 is 1. The van der Waals surface area contributed by atoms with Gasteiger partial charge in [-0.05, 0) is 31.0 Å². The lowest BCUT2D eigenvalue weighted by Crippen LogP contribution is -2.24. The van der Waals surface area contributed by atoms with Gasteiger partial charge >= 0.3 is 0 Å². The van der Waals surface area contributed by atoms with Crippen LogP contribution in [-0.2, 0) is 0 Å². The Hall–Kier alpha value is -1.22. The molecule has 0 bridgehead atoms. The van der Waals surface area contributed by atoms with E-state index in [4.69, 9.17) is 16.3 Å². The average molecular weight is 242 g/mol. The summed E-state index contributed by atoms with van der Waals surface area (Å²) in [5, 5.41) is 3.34. The van der Waals surface area contributed by atoms with E-state index >= 15 is 0 Å². The van der Waals surface area contributed by atoms with Crippen molar-refractivity contribution < 1.29 is 9.53 Å². The van der Waals surface area contributed by atoms with Crippen LogP contribution >= 0.6 is 11.6 Å². The first-order chi connectivity index (χ1) is 7.60. The zero-order valence-electron chi connectivity index (χ0n) is 9.76. The molecule has 0 heterocycles. The van der Waals surface area contributed by atoms with E-state index in [1.165, 1.54) is 0 Å². The first kappa shape index (κ1) is 12.8. The fourth-order valence-electron chi connectivity index (χ4n) is 1.50. The highest BCUT2D eigenvalue weighted by Gasteiger charge is 2.14. The number of carbonyl (C=O) groups is 1. The van der Waals surface area contributed by atoms with Crippen molar-refractivity contribution in [3.05, 3.63) is 28.3 Å². The van der Waals surface area contributed by atoms with Crippen LogP contribution < -0.4 is 10.1 Å². The summed E-state index contributed by atoms with van der Waals surface area (Å²) in [6.07, 6.45) is 0.896. The molecule has 0 unspecified atom stereocenters. The third-order valence-corrected chi connectivity index (χ3v) is 2.44. The van der Waals surface area contributed by atoms with Crippen molar-refractivity contribution >= 4 is 17.5 Å². The van der Waals surface area contributed by atoms with E-state index in [0.717, 1.165) is 12.0 Å². The van der Waals surface area contributed by atoms with Gasteiger partial charge in [0.2, 0.25) is 0 Å². The first-order valence-corrected chi connectivity index (χ1v) is 5.60. The molecule has 0 aliphatic heterocycles. The Morgan fingerprint density at radius 1 is 1.50 bits per heavy atom. The van der Waals surface area contributed by atoms with Crippen LogP contribution in [0.5, 0.6) is 5.75 Å². The summed E-state index contributed by atoms with van der Waals surface area (Å²) in [6.45, 7) is 4.51. The van der Waals surface area contributed by atoms with E-state index in [-0.39, 0.29) is 5.91 Å². The van der Waals surface area contributed by atoms with Crippen LogP contribution in [0, 0.1) is 6.92 Å². The highest BCUT2D eigenvalue weighted by Crippen LogP contribution is 2.27. The summed E-state index contributed by atoms with van der Waals surface area (Å²) in [5.74, 6) is 0.433. The number of aryl methyl sites for hydroxylation is 1. The molecule has 0 radical (unpaired) electrons. The highest BCUT2D eigenvalue weighted by atomic mass is 35.5. The maximum atomic E-state index is 11.8. The fraction of sp³-hybridized carbons (Fsp3) is 0.417. The van der Waals surface area contributed by atoms with E-state index in [9.17, 15) is 4.79 Å². The van der Waals surface area contributed by atoms with Gasteiger partial charge in [-0.1, -0.05) is 18.5 Å². The van der Waals surface area contributed by atoms with Crippen LogP contribution in [0.15, 0.2) is 12.1 Å². The van der Waals surface area contributed by atoms with Gasteiger partial charge in [0.25, 0.3) is 5.91 Å². The van der Waals surface area contributed by atoms with Crippen LogP contribution in [0.4, 0.5) is 0 Å². The standard InChI is InChI=1S/C12H16ClNO2/c1-4-5-14-12(15)10-7-9(13)6-8(2)11(10)16-3/h6-7H,4-5H2,1-3H3,(H,14,15). The Morgan fingerprint density at radius 3 is 2.75 bits per heavy atom. The van der Waals surface area contributed by atoms with Crippen LogP contribution in [-0.4, -0.2) is 19.6 Å². The molecule has 0 aliphatic carbocycles. The lowest BCUT2D eigenvalue weighted by molar-refractivity contribution is 0.0950. The molecule has 3 nitrogen and oxygen atoms in total. The quantitative estimate of drug-likeness (QED) is 0.880. The first-order valence-electron chi connectivity index (χ1n) is 5.22. The Labute approximate surface area is 101 Å². The van der Waals surface area contributed by atoms with Crippen LogP contribution in [0.25, 0.3) is 0 Å². The molecule has 0 spiro atoms. The molecular weight excluding hydrogens is 226 g/mol. The lowest BCUT2D eigenvalue weighted by Gasteiger charge is -2.11. The SMILES string of the molecule is CCCNC(=O)c1cc(Cl)cc(C)c1OC. The molecule has 1 rings (SSSR count). The van der Waals surface area contributed by atoms with Gasteiger partial charge in [0.15, 0.2) is 0 Å². The maximum Gasteiger partial charge on any atom is 0.255 e. The van der Waals surface area contributed by atoms with Gasteiger partial charge in [0.05, 0.1) is 12.7 Å². The zero-order valence-corrected chi connectivity index (χ0v) is 10.5. The molecule has 4 heteroatoms. The maximum absolute atomic E-state index is 11.8.